The number of thiophene rings is 1. The van der Waals surface area contributed by atoms with Crippen LogP contribution >= 0.6 is 27.3 Å². The predicted octanol–water partition coefficient (Wildman–Crippen LogP) is 3.97. The summed E-state index contributed by atoms with van der Waals surface area (Å²) >= 11 is 4.54. The van der Waals surface area contributed by atoms with Crippen LogP contribution in [0.4, 0.5) is 9.39 Å². The van der Waals surface area contributed by atoms with Gasteiger partial charge in [-0.2, -0.15) is 0 Å². The van der Waals surface area contributed by atoms with Crippen LogP contribution in [0.1, 0.15) is 28.1 Å². The van der Waals surface area contributed by atoms with Gasteiger partial charge in [0.2, 0.25) is 5.91 Å². The summed E-state index contributed by atoms with van der Waals surface area (Å²) < 4.78 is 14.4. The number of rotatable bonds is 6. The number of amides is 2. The highest BCUT2D eigenvalue weighted by Crippen LogP contribution is 2.31. The fourth-order valence-corrected chi connectivity index (χ4v) is 3.46. The Morgan fingerprint density at radius 2 is 2.04 bits per heavy atom. The summed E-state index contributed by atoms with van der Waals surface area (Å²) in [5.74, 6) is -0.352. The number of benzene rings is 1. The van der Waals surface area contributed by atoms with E-state index in [2.05, 4.69) is 26.6 Å². The predicted molar refractivity (Wildman–Crippen MR) is 95.8 cm³/mol. The molecule has 1 aromatic heterocycles. The Balaban J connectivity index is 1.50. The Morgan fingerprint density at radius 3 is 2.79 bits per heavy atom. The molecule has 1 aliphatic rings. The maximum atomic E-state index is 13.6. The third-order valence-electron chi connectivity index (χ3n) is 3.71. The van der Waals surface area contributed by atoms with E-state index in [-0.39, 0.29) is 23.5 Å². The van der Waals surface area contributed by atoms with Crippen molar-refractivity contribution in [1.82, 2.24) is 5.32 Å². The van der Waals surface area contributed by atoms with E-state index in [9.17, 15) is 14.0 Å². The Labute approximate surface area is 151 Å². The average molecular weight is 411 g/mol. The van der Waals surface area contributed by atoms with Crippen LogP contribution in [-0.2, 0) is 11.2 Å². The highest BCUT2D eigenvalue weighted by atomic mass is 79.9. The molecule has 1 heterocycles. The Morgan fingerprint density at radius 1 is 1.25 bits per heavy atom. The lowest BCUT2D eigenvalue weighted by molar-refractivity contribution is -0.117. The van der Waals surface area contributed by atoms with Gasteiger partial charge < -0.3 is 10.6 Å². The van der Waals surface area contributed by atoms with Gasteiger partial charge in [0.1, 0.15) is 5.82 Å². The molecule has 1 saturated carbocycles. The average Bonchev–Trinajstić information content (AvgIpc) is 3.31. The molecule has 0 unspecified atom stereocenters. The van der Waals surface area contributed by atoms with E-state index in [1.807, 2.05) is 0 Å². The number of anilines is 1. The SMILES string of the molecule is O=C(NCCc1cc(Br)ccc1F)c1ccc(NC(=O)C2CC2)s1. The highest BCUT2D eigenvalue weighted by molar-refractivity contribution is 9.10. The van der Waals surface area contributed by atoms with Crippen molar-refractivity contribution in [1.29, 1.82) is 0 Å². The van der Waals surface area contributed by atoms with Crippen LogP contribution in [0, 0.1) is 11.7 Å². The molecule has 4 nitrogen and oxygen atoms in total. The standard InChI is InChI=1S/C17H16BrFN2O2S/c18-12-3-4-13(19)11(9-12)7-8-20-17(23)14-5-6-15(24-14)21-16(22)10-1-2-10/h3-6,9-10H,1-2,7-8H2,(H,20,23)(H,21,22). The summed E-state index contributed by atoms with van der Waals surface area (Å²) in [5.41, 5.74) is 0.549. The van der Waals surface area contributed by atoms with E-state index < -0.39 is 0 Å². The minimum absolute atomic E-state index is 0.0222. The maximum absolute atomic E-state index is 13.6. The molecule has 1 aliphatic carbocycles. The first-order chi connectivity index (χ1) is 11.5. The van der Waals surface area contributed by atoms with Gasteiger partial charge in [0.05, 0.1) is 9.88 Å². The second kappa shape index (κ2) is 7.44. The zero-order chi connectivity index (χ0) is 17.1. The van der Waals surface area contributed by atoms with Crippen LogP contribution in [0.15, 0.2) is 34.8 Å². The van der Waals surface area contributed by atoms with Crippen LogP contribution in [0.25, 0.3) is 0 Å². The molecule has 7 heteroatoms. The zero-order valence-corrected chi connectivity index (χ0v) is 15.2. The number of nitrogens with one attached hydrogen (secondary N) is 2. The van der Waals surface area contributed by atoms with Crippen LogP contribution in [-0.4, -0.2) is 18.4 Å². The van der Waals surface area contributed by atoms with Crippen molar-refractivity contribution in [2.24, 2.45) is 5.92 Å². The van der Waals surface area contributed by atoms with E-state index in [0.29, 0.717) is 28.4 Å². The monoisotopic (exact) mass is 410 g/mol. The zero-order valence-electron chi connectivity index (χ0n) is 12.8. The van der Waals surface area contributed by atoms with E-state index >= 15 is 0 Å². The third kappa shape index (κ3) is 4.42. The van der Waals surface area contributed by atoms with Gasteiger partial charge in [0.25, 0.3) is 5.91 Å². The third-order valence-corrected chi connectivity index (χ3v) is 5.20. The number of carbonyl (C=O) groups excluding carboxylic acids is 2. The summed E-state index contributed by atoms with van der Waals surface area (Å²) in [6.45, 7) is 0.341. The lowest BCUT2D eigenvalue weighted by Crippen LogP contribution is -2.25. The topological polar surface area (TPSA) is 58.2 Å². The molecule has 0 saturated heterocycles. The van der Waals surface area contributed by atoms with Crippen LogP contribution in [0.3, 0.4) is 0 Å². The van der Waals surface area contributed by atoms with Crippen molar-refractivity contribution < 1.29 is 14.0 Å². The number of hydrogen-bond donors (Lipinski definition) is 2. The lowest BCUT2D eigenvalue weighted by Gasteiger charge is -2.06. The first-order valence-corrected chi connectivity index (χ1v) is 9.26. The minimum atomic E-state index is -0.284. The second-order valence-electron chi connectivity index (χ2n) is 5.67. The summed E-state index contributed by atoms with van der Waals surface area (Å²) in [5, 5.41) is 6.27. The summed E-state index contributed by atoms with van der Waals surface area (Å²) in [6, 6.07) is 8.16. The Bertz CT molecular complexity index is 774. The summed E-state index contributed by atoms with van der Waals surface area (Å²) in [6.07, 6.45) is 2.29. The highest BCUT2D eigenvalue weighted by Gasteiger charge is 2.29. The molecule has 0 radical (unpaired) electrons. The fraction of sp³-hybridized carbons (Fsp3) is 0.294. The smallest absolute Gasteiger partial charge is 0.261 e. The first-order valence-electron chi connectivity index (χ1n) is 7.66. The van der Waals surface area contributed by atoms with Gasteiger partial charge in [-0.25, -0.2) is 4.39 Å². The van der Waals surface area contributed by atoms with E-state index in [4.69, 9.17) is 0 Å². The van der Waals surface area contributed by atoms with Gasteiger partial charge in [-0.05, 0) is 55.2 Å². The van der Waals surface area contributed by atoms with Crippen molar-refractivity contribution in [3.8, 4) is 0 Å². The quantitative estimate of drug-likeness (QED) is 0.756. The van der Waals surface area contributed by atoms with E-state index in [1.54, 1.807) is 24.3 Å². The molecular formula is C17H16BrFN2O2S. The van der Waals surface area contributed by atoms with Crippen LogP contribution in [0.2, 0.25) is 0 Å². The van der Waals surface area contributed by atoms with Gasteiger partial charge in [0, 0.05) is 16.9 Å². The molecule has 3 rings (SSSR count). The molecular weight excluding hydrogens is 395 g/mol. The van der Waals surface area contributed by atoms with Gasteiger partial charge in [-0.15, -0.1) is 11.3 Å². The van der Waals surface area contributed by atoms with Crippen molar-refractivity contribution in [2.45, 2.75) is 19.3 Å². The molecule has 0 aliphatic heterocycles. The number of halogens is 2. The number of hydrogen-bond acceptors (Lipinski definition) is 3. The normalized spacial score (nSPS) is 13.6. The van der Waals surface area contributed by atoms with Crippen molar-refractivity contribution in [3.63, 3.8) is 0 Å². The molecule has 0 spiro atoms. The molecule has 1 aromatic carbocycles. The molecule has 0 atom stereocenters. The fourth-order valence-electron chi connectivity index (χ4n) is 2.23. The molecule has 2 aromatic rings. The molecule has 2 amide bonds. The second-order valence-corrected chi connectivity index (χ2v) is 7.67. The van der Waals surface area contributed by atoms with Gasteiger partial charge in [-0.3, -0.25) is 9.59 Å². The molecule has 24 heavy (non-hydrogen) atoms. The van der Waals surface area contributed by atoms with Crippen molar-refractivity contribution in [2.75, 3.05) is 11.9 Å². The maximum Gasteiger partial charge on any atom is 0.261 e. The largest absolute Gasteiger partial charge is 0.351 e. The van der Waals surface area contributed by atoms with E-state index in [0.717, 1.165) is 17.3 Å². The van der Waals surface area contributed by atoms with Crippen LogP contribution < -0.4 is 10.6 Å². The lowest BCUT2D eigenvalue weighted by atomic mass is 10.1. The molecule has 1 fully saturated rings. The van der Waals surface area contributed by atoms with Gasteiger partial charge in [-0.1, -0.05) is 15.9 Å². The summed E-state index contributed by atoms with van der Waals surface area (Å²) in [4.78, 5) is 24.3. The minimum Gasteiger partial charge on any atom is -0.351 e. The molecule has 0 bridgehead atoms. The molecule has 126 valence electrons. The van der Waals surface area contributed by atoms with Crippen molar-refractivity contribution in [3.05, 3.63) is 51.1 Å². The first kappa shape index (κ1) is 17.1. The van der Waals surface area contributed by atoms with Gasteiger partial charge >= 0.3 is 0 Å². The summed E-state index contributed by atoms with van der Waals surface area (Å²) in [7, 11) is 0. The Hall–Kier alpha value is -1.73. The van der Waals surface area contributed by atoms with Gasteiger partial charge in [0.15, 0.2) is 0 Å². The van der Waals surface area contributed by atoms with E-state index in [1.165, 1.54) is 17.4 Å². The van der Waals surface area contributed by atoms with Crippen molar-refractivity contribution >= 4 is 44.1 Å². The number of carbonyl (C=O) groups is 2. The molecule has 2 N–H and O–H groups in total. The van der Waals surface area contributed by atoms with Crippen LogP contribution in [0.5, 0.6) is 0 Å². The Kier molecular flexibility index (Phi) is 5.30.